The number of rotatable bonds is 5. The minimum atomic E-state index is -0.663. The molecular weight excluding hydrogens is 386 g/mol. The Bertz CT molecular complexity index is 1100. The number of carbonyl (C=O) groups excluding carboxylic acids is 1. The minimum Gasteiger partial charge on any atom is -0.494 e. The van der Waals surface area contributed by atoms with Crippen molar-refractivity contribution in [1.29, 1.82) is 0 Å². The lowest BCUT2D eigenvalue weighted by atomic mass is 9.89. The summed E-state index contributed by atoms with van der Waals surface area (Å²) in [6.45, 7) is 6.48. The summed E-state index contributed by atoms with van der Waals surface area (Å²) < 4.78 is 6.86. The van der Waals surface area contributed by atoms with E-state index in [0.717, 1.165) is 35.4 Å². The zero-order chi connectivity index (χ0) is 20.5. The number of nitrogens with zero attached hydrogens (tertiary/aromatic N) is 2. The molecule has 0 unspecified atom stereocenters. The van der Waals surface area contributed by atoms with E-state index in [-0.39, 0.29) is 11.5 Å². The maximum atomic E-state index is 13.2. The van der Waals surface area contributed by atoms with Crippen molar-refractivity contribution in [3.63, 3.8) is 0 Å². The number of nitrogens with one attached hydrogen (secondary N) is 1. The monoisotopic (exact) mass is 411 g/mol. The molecule has 0 spiro atoms. The van der Waals surface area contributed by atoms with Crippen molar-refractivity contribution in [1.82, 2.24) is 9.55 Å². The molecular formula is C22H25N3O3S. The highest BCUT2D eigenvalue weighted by Crippen LogP contribution is 2.35. The van der Waals surface area contributed by atoms with Crippen LogP contribution in [-0.2, 0) is 17.6 Å². The second-order valence-electron chi connectivity index (χ2n) is 7.61. The van der Waals surface area contributed by atoms with Crippen LogP contribution >= 0.6 is 11.3 Å². The number of benzene rings is 1. The lowest BCUT2D eigenvalue weighted by Crippen LogP contribution is -2.32. The summed E-state index contributed by atoms with van der Waals surface area (Å²) in [6, 6.07) is 6.53. The summed E-state index contributed by atoms with van der Waals surface area (Å²) in [6.07, 6.45) is 4.49. The quantitative estimate of drug-likeness (QED) is 0.684. The van der Waals surface area contributed by atoms with Crippen LogP contribution in [0.4, 0.5) is 5.69 Å². The smallest absolute Gasteiger partial charge is 0.263 e. The molecule has 6 nitrogen and oxygen atoms in total. The Labute approximate surface area is 173 Å². The standard InChI is InChI=1S/C22H25N3O3S/c1-4-28-16-8-6-15(7-9-16)24-20(26)14(3)25-12-23-21-19(22(25)27)17-10-5-13(2)11-18(17)29-21/h6-9,12-14H,4-5,10-11H2,1-3H3,(H,24,26)/t13-,14-/m1/s1. The summed E-state index contributed by atoms with van der Waals surface area (Å²) in [4.78, 5) is 32.5. The molecule has 1 aromatic carbocycles. The number of aromatic nitrogens is 2. The third-order valence-electron chi connectivity index (χ3n) is 5.47. The Morgan fingerprint density at radius 3 is 2.86 bits per heavy atom. The molecule has 7 heteroatoms. The predicted octanol–water partition coefficient (Wildman–Crippen LogP) is 4.18. The minimum absolute atomic E-state index is 0.128. The number of thiophene rings is 1. The van der Waals surface area contributed by atoms with Gasteiger partial charge >= 0.3 is 0 Å². The second kappa shape index (κ2) is 7.99. The van der Waals surface area contributed by atoms with Gasteiger partial charge in [-0.05, 0) is 68.9 Å². The number of amides is 1. The Balaban J connectivity index is 1.59. The van der Waals surface area contributed by atoms with Crippen LogP contribution < -0.4 is 15.6 Å². The number of ether oxygens (including phenoxy) is 1. The van der Waals surface area contributed by atoms with Crippen LogP contribution in [0.3, 0.4) is 0 Å². The first-order valence-electron chi connectivity index (χ1n) is 10.0. The van der Waals surface area contributed by atoms with Gasteiger partial charge in [0.2, 0.25) is 5.91 Å². The summed E-state index contributed by atoms with van der Waals surface area (Å²) in [5.41, 5.74) is 1.67. The van der Waals surface area contributed by atoms with E-state index in [1.54, 1.807) is 30.4 Å². The lowest BCUT2D eigenvalue weighted by molar-refractivity contribution is -0.118. The van der Waals surface area contributed by atoms with E-state index in [9.17, 15) is 9.59 Å². The van der Waals surface area contributed by atoms with E-state index < -0.39 is 6.04 Å². The molecule has 2 aromatic heterocycles. The summed E-state index contributed by atoms with van der Waals surface area (Å²) >= 11 is 1.62. The van der Waals surface area contributed by atoms with Crippen LogP contribution in [0.15, 0.2) is 35.4 Å². The fraction of sp³-hybridized carbons (Fsp3) is 0.409. The van der Waals surface area contributed by atoms with E-state index in [4.69, 9.17) is 4.74 Å². The fourth-order valence-electron chi connectivity index (χ4n) is 3.79. The van der Waals surface area contributed by atoms with Crippen molar-refractivity contribution in [2.24, 2.45) is 5.92 Å². The maximum Gasteiger partial charge on any atom is 0.263 e. The Kier molecular flexibility index (Phi) is 5.41. The van der Waals surface area contributed by atoms with Gasteiger partial charge in [0.25, 0.3) is 5.56 Å². The highest BCUT2D eigenvalue weighted by atomic mass is 32.1. The molecule has 1 aliphatic rings. The molecule has 29 heavy (non-hydrogen) atoms. The average molecular weight is 412 g/mol. The molecule has 0 saturated carbocycles. The first-order valence-corrected chi connectivity index (χ1v) is 10.8. The van der Waals surface area contributed by atoms with Crippen LogP contribution in [-0.4, -0.2) is 22.1 Å². The van der Waals surface area contributed by atoms with Crippen LogP contribution in [0.5, 0.6) is 5.75 Å². The molecule has 0 saturated heterocycles. The topological polar surface area (TPSA) is 73.2 Å². The molecule has 1 amide bonds. The van der Waals surface area contributed by atoms with Crippen LogP contribution in [0, 0.1) is 5.92 Å². The number of aryl methyl sites for hydroxylation is 1. The number of hydrogen-bond acceptors (Lipinski definition) is 5. The fourth-order valence-corrected chi connectivity index (χ4v) is 5.14. The zero-order valence-electron chi connectivity index (χ0n) is 16.9. The molecule has 4 rings (SSSR count). The molecule has 1 N–H and O–H groups in total. The van der Waals surface area contributed by atoms with Gasteiger partial charge in [-0.1, -0.05) is 6.92 Å². The Hall–Kier alpha value is -2.67. The zero-order valence-corrected chi connectivity index (χ0v) is 17.7. The highest BCUT2D eigenvalue weighted by Gasteiger charge is 2.25. The number of hydrogen-bond donors (Lipinski definition) is 1. The molecule has 0 fully saturated rings. The Morgan fingerprint density at radius 1 is 1.38 bits per heavy atom. The summed E-state index contributed by atoms with van der Waals surface area (Å²) in [5.74, 6) is 1.13. The van der Waals surface area contributed by atoms with Crippen molar-refractivity contribution >= 4 is 33.1 Å². The van der Waals surface area contributed by atoms with Gasteiger partial charge in [0.1, 0.15) is 16.6 Å². The van der Waals surface area contributed by atoms with Gasteiger partial charge in [-0.15, -0.1) is 11.3 Å². The van der Waals surface area contributed by atoms with Gasteiger partial charge in [0, 0.05) is 10.6 Å². The molecule has 2 atom stereocenters. The van der Waals surface area contributed by atoms with Crippen molar-refractivity contribution < 1.29 is 9.53 Å². The van der Waals surface area contributed by atoms with Crippen molar-refractivity contribution in [2.75, 3.05) is 11.9 Å². The third-order valence-corrected chi connectivity index (χ3v) is 6.63. The maximum absolute atomic E-state index is 13.2. The lowest BCUT2D eigenvalue weighted by Gasteiger charge is -2.18. The molecule has 0 aliphatic heterocycles. The molecule has 0 radical (unpaired) electrons. The molecule has 3 aromatic rings. The van der Waals surface area contributed by atoms with Gasteiger partial charge in [0.15, 0.2) is 0 Å². The normalized spacial score (nSPS) is 17.0. The number of fused-ring (bicyclic) bond motifs is 3. The van der Waals surface area contributed by atoms with E-state index in [0.29, 0.717) is 23.6 Å². The van der Waals surface area contributed by atoms with Gasteiger partial charge in [-0.2, -0.15) is 0 Å². The molecule has 2 heterocycles. The Morgan fingerprint density at radius 2 is 2.14 bits per heavy atom. The van der Waals surface area contributed by atoms with Crippen LogP contribution in [0.1, 0.15) is 43.7 Å². The van der Waals surface area contributed by atoms with Gasteiger partial charge in [-0.25, -0.2) is 4.98 Å². The van der Waals surface area contributed by atoms with E-state index in [1.807, 2.05) is 19.1 Å². The predicted molar refractivity (Wildman–Crippen MR) is 116 cm³/mol. The first kappa shape index (κ1) is 19.6. The van der Waals surface area contributed by atoms with Crippen molar-refractivity contribution in [2.45, 2.75) is 46.1 Å². The van der Waals surface area contributed by atoms with Gasteiger partial charge < -0.3 is 10.1 Å². The van der Waals surface area contributed by atoms with Crippen LogP contribution in [0.2, 0.25) is 0 Å². The second-order valence-corrected chi connectivity index (χ2v) is 8.70. The molecule has 1 aliphatic carbocycles. The highest BCUT2D eigenvalue weighted by molar-refractivity contribution is 7.18. The van der Waals surface area contributed by atoms with E-state index in [2.05, 4.69) is 17.2 Å². The average Bonchev–Trinajstić information content (AvgIpc) is 3.07. The third kappa shape index (κ3) is 3.79. The number of anilines is 1. The molecule has 152 valence electrons. The van der Waals surface area contributed by atoms with Crippen LogP contribution in [0.25, 0.3) is 10.2 Å². The van der Waals surface area contributed by atoms with Gasteiger partial charge in [-0.3, -0.25) is 14.2 Å². The van der Waals surface area contributed by atoms with Gasteiger partial charge in [0.05, 0.1) is 18.3 Å². The molecule has 0 bridgehead atoms. The number of carbonyl (C=O) groups is 1. The summed E-state index contributed by atoms with van der Waals surface area (Å²) in [7, 11) is 0. The SMILES string of the molecule is CCOc1ccc(NC(=O)[C@@H](C)n2cnc3sc4c(c3c2=O)CC[C@@H](C)C4)cc1. The van der Waals surface area contributed by atoms with Crippen molar-refractivity contribution in [3.05, 3.63) is 51.4 Å². The van der Waals surface area contributed by atoms with Crippen molar-refractivity contribution in [3.8, 4) is 5.75 Å². The van der Waals surface area contributed by atoms with E-state index in [1.165, 1.54) is 15.8 Å². The van der Waals surface area contributed by atoms with E-state index >= 15 is 0 Å². The largest absolute Gasteiger partial charge is 0.494 e. The first-order chi connectivity index (χ1) is 14.0. The summed E-state index contributed by atoms with van der Waals surface area (Å²) in [5, 5.41) is 3.56.